The number of H-pyrrole nitrogens is 2. The molecule has 6 rings (SSSR count). The standard InChI is InChI=1S/C28H26N6O4.H2S/c1-16(19-7-4-5-11-29-19)30-25-18-6-2-3-8-20(18)33-27(35)24(25)26-31-21-10-9-17(14-22(21)32-26)34-12-13-38-23(15-34)28(36)37;/h2-11,14,16,23H,12-13,15H2,1H3,(H,31,32)(H,36,37)(H2,30,33,35);1H2/t16-,23?;/m0./s1. The van der Waals surface area contributed by atoms with E-state index in [1.165, 1.54) is 0 Å². The zero-order chi connectivity index (χ0) is 26.2. The Morgan fingerprint density at radius 1 is 1.13 bits per heavy atom. The Labute approximate surface area is 230 Å². The van der Waals surface area contributed by atoms with Crippen molar-refractivity contribution in [1.82, 2.24) is 19.9 Å². The first-order chi connectivity index (χ1) is 18.5. The highest BCUT2D eigenvalue weighted by Crippen LogP contribution is 2.34. The number of ether oxygens (including phenoxy) is 1. The number of rotatable bonds is 6. The predicted octanol–water partition coefficient (Wildman–Crippen LogP) is 4.04. The van der Waals surface area contributed by atoms with Crippen molar-refractivity contribution in [3.8, 4) is 11.4 Å². The fourth-order valence-electron chi connectivity index (χ4n) is 4.89. The number of anilines is 2. The number of aliphatic carboxylic acids is 1. The summed E-state index contributed by atoms with van der Waals surface area (Å²) in [5, 5.41) is 13.7. The molecule has 0 aliphatic carbocycles. The molecule has 0 bridgehead atoms. The number of carbonyl (C=O) groups is 1. The number of hydrogen-bond acceptors (Lipinski definition) is 7. The summed E-state index contributed by atoms with van der Waals surface area (Å²) in [6.07, 6.45) is 0.872. The Hall–Kier alpha value is -4.35. The minimum Gasteiger partial charge on any atom is -0.479 e. The zero-order valence-electron chi connectivity index (χ0n) is 21.1. The molecule has 1 aliphatic heterocycles. The Morgan fingerprint density at radius 3 is 2.74 bits per heavy atom. The number of fused-ring (bicyclic) bond motifs is 2. The highest BCUT2D eigenvalue weighted by atomic mass is 32.1. The quantitative estimate of drug-likeness (QED) is 0.251. The molecular weight excluding hydrogens is 516 g/mol. The number of nitrogens with one attached hydrogen (secondary N) is 3. The van der Waals surface area contributed by atoms with Gasteiger partial charge in [0.1, 0.15) is 11.4 Å². The lowest BCUT2D eigenvalue weighted by molar-refractivity contribution is -0.150. The van der Waals surface area contributed by atoms with Crippen LogP contribution in [0, 0.1) is 0 Å². The van der Waals surface area contributed by atoms with Crippen LogP contribution in [0.3, 0.4) is 0 Å². The first-order valence-corrected chi connectivity index (χ1v) is 12.4. The second kappa shape index (κ2) is 10.8. The van der Waals surface area contributed by atoms with Crippen LogP contribution in [-0.2, 0) is 9.53 Å². The summed E-state index contributed by atoms with van der Waals surface area (Å²) in [4.78, 5) is 42.3. The molecule has 5 aromatic rings. The molecule has 2 aromatic carbocycles. The Bertz CT molecular complexity index is 1700. The van der Waals surface area contributed by atoms with Gasteiger partial charge in [-0.25, -0.2) is 9.78 Å². The zero-order valence-corrected chi connectivity index (χ0v) is 22.1. The number of morpholine rings is 1. The average Bonchev–Trinajstić information content (AvgIpc) is 3.36. The van der Waals surface area contributed by atoms with Crippen molar-refractivity contribution in [2.24, 2.45) is 0 Å². The third kappa shape index (κ3) is 5.06. The summed E-state index contributed by atoms with van der Waals surface area (Å²) in [6.45, 7) is 3.17. The second-order valence-corrected chi connectivity index (χ2v) is 9.30. The minimum atomic E-state index is -0.977. The van der Waals surface area contributed by atoms with E-state index in [0.29, 0.717) is 35.7 Å². The fraction of sp³-hybridized carbons (Fsp3) is 0.214. The smallest absolute Gasteiger partial charge is 0.334 e. The number of para-hydroxylation sites is 1. The number of nitrogens with zero attached hydrogens (tertiary/aromatic N) is 3. The lowest BCUT2D eigenvalue weighted by atomic mass is 10.1. The van der Waals surface area contributed by atoms with Crippen LogP contribution in [0.25, 0.3) is 33.3 Å². The molecular formula is C28H28N6O4S. The molecule has 0 spiro atoms. The molecule has 0 amide bonds. The van der Waals surface area contributed by atoms with Crippen LogP contribution < -0.4 is 15.8 Å². The summed E-state index contributed by atoms with van der Waals surface area (Å²) >= 11 is 0. The van der Waals surface area contributed by atoms with Crippen LogP contribution in [-0.4, -0.2) is 56.8 Å². The number of carboxylic acid groups (broad SMARTS) is 1. The van der Waals surface area contributed by atoms with Crippen molar-refractivity contribution < 1.29 is 14.6 Å². The molecule has 39 heavy (non-hydrogen) atoms. The molecule has 1 unspecified atom stereocenters. The summed E-state index contributed by atoms with van der Waals surface area (Å²) < 4.78 is 5.35. The van der Waals surface area contributed by atoms with E-state index < -0.39 is 12.1 Å². The largest absolute Gasteiger partial charge is 0.479 e. The minimum absolute atomic E-state index is 0. The van der Waals surface area contributed by atoms with E-state index in [1.54, 1.807) is 6.20 Å². The van der Waals surface area contributed by atoms with Gasteiger partial charge in [-0.2, -0.15) is 13.5 Å². The van der Waals surface area contributed by atoms with Gasteiger partial charge in [0.25, 0.3) is 5.56 Å². The number of aromatic amines is 2. The number of pyridine rings is 2. The van der Waals surface area contributed by atoms with Gasteiger partial charge in [0.15, 0.2) is 6.10 Å². The van der Waals surface area contributed by atoms with Gasteiger partial charge in [0.05, 0.1) is 47.1 Å². The van der Waals surface area contributed by atoms with Crippen molar-refractivity contribution in [1.29, 1.82) is 0 Å². The van der Waals surface area contributed by atoms with E-state index in [-0.39, 0.29) is 31.6 Å². The number of hydrogen-bond donors (Lipinski definition) is 4. The van der Waals surface area contributed by atoms with Gasteiger partial charge in [-0.3, -0.25) is 9.78 Å². The van der Waals surface area contributed by atoms with Gasteiger partial charge < -0.3 is 30.0 Å². The molecule has 0 radical (unpaired) electrons. The van der Waals surface area contributed by atoms with Gasteiger partial charge in [0, 0.05) is 23.8 Å². The van der Waals surface area contributed by atoms with Crippen molar-refractivity contribution in [3.63, 3.8) is 0 Å². The van der Waals surface area contributed by atoms with Crippen molar-refractivity contribution >= 4 is 52.8 Å². The van der Waals surface area contributed by atoms with Crippen LogP contribution >= 0.6 is 13.5 Å². The van der Waals surface area contributed by atoms with E-state index in [0.717, 1.165) is 27.8 Å². The first kappa shape index (κ1) is 26.3. The lowest BCUT2D eigenvalue weighted by Crippen LogP contribution is -2.46. The van der Waals surface area contributed by atoms with Crippen LogP contribution in [0.5, 0.6) is 0 Å². The van der Waals surface area contributed by atoms with Crippen molar-refractivity contribution in [2.75, 3.05) is 29.9 Å². The normalized spacial score (nSPS) is 16.1. The van der Waals surface area contributed by atoms with Gasteiger partial charge in [-0.15, -0.1) is 0 Å². The van der Waals surface area contributed by atoms with Crippen LogP contribution in [0.2, 0.25) is 0 Å². The molecule has 1 fully saturated rings. The average molecular weight is 545 g/mol. The van der Waals surface area contributed by atoms with E-state index in [9.17, 15) is 14.7 Å². The first-order valence-electron chi connectivity index (χ1n) is 12.4. The molecule has 0 saturated carbocycles. The molecule has 4 N–H and O–H groups in total. The highest BCUT2D eigenvalue weighted by Gasteiger charge is 2.27. The molecule has 4 heterocycles. The Balaban J connectivity index is 0.00000308. The topological polar surface area (TPSA) is 136 Å². The summed E-state index contributed by atoms with van der Waals surface area (Å²) in [6, 6.07) is 18.9. The number of imidazole rings is 1. The van der Waals surface area contributed by atoms with E-state index in [1.807, 2.05) is 72.5 Å². The number of aromatic nitrogens is 4. The highest BCUT2D eigenvalue weighted by molar-refractivity contribution is 7.59. The molecule has 11 heteroatoms. The Kier molecular flexibility index (Phi) is 7.27. The lowest BCUT2D eigenvalue weighted by Gasteiger charge is -2.32. The van der Waals surface area contributed by atoms with Gasteiger partial charge in [-0.05, 0) is 43.3 Å². The SMILES string of the molecule is C[C@H](Nc1c(-c2nc3ccc(N4CCOC(C(=O)O)C4)cc3[nH]2)c(=O)[nH]c2ccccc12)c1ccccn1.S. The van der Waals surface area contributed by atoms with Gasteiger partial charge in [0.2, 0.25) is 0 Å². The molecule has 2 atom stereocenters. The van der Waals surface area contributed by atoms with Crippen LogP contribution in [0.1, 0.15) is 18.7 Å². The van der Waals surface area contributed by atoms with Crippen molar-refractivity contribution in [2.45, 2.75) is 19.1 Å². The van der Waals surface area contributed by atoms with Gasteiger partial charge >= 0.3 is 5.97 Å². The maximum atomic E-state index is 13.4. The molecule has 1 aliphatic rings. The maximum absolute atomic E-state index is 13.4. The molecule has 1 saturated heterocycles. The van der Waals surface area contributed by atoms with E-state index in [2.05, 4.69) is 20.3 Å². The third-order valence-corrected chi connectivity index (χ3v) is 6.82. The second-order valence-electron chi connectivity index (χ2n) is 9.30. The van der Waals surface area contributed by atoms with Crippen LogP contribution in [0.15, 0.2) is 71.7 Å². The molecule has 3 aromatic heterocycles. The number of carboxylic acids is 1. The summed E-state index contributed by atoms with van der Waals surface area (Å²) in [5.41, 5.74) is 4.67. The van der Waals surface area contributed by atoms with E-state index >= 15 is 0 Å². The third-order valence-electron chi connectivity index (χ3n) is 6.82. The molecule has 10 nitrogen and oxygen atoms in total. The number of benzene rings is 2. The van der Waals surface area contributed by atoms with E-state index in [4.69, 9.17) is 9.72 Å². The van der Waals surface area contributed by atoms with Gasteiger partial charge in [-0.1, -0.05) is 24.3 Å². The fourth-order valence-corrected chi connectivity index (χ4v) is 4.89. The summed E-state index contributed by atoms with van der Waals surface area (Å²) in [7, 11) is 0. The molecule has 200 valence electrons. The van der Waals surface area contributed by atoms with Crippen LogP contribution in [0.4, 0.5) is 11.4 Å². The maximum Gasteiger partial charge on any atom is 0.334 e. The Morgan fingerprint density at radius 2 is 1.95 bits per heavy atom. The summed E-state index contributed by atoms with van der Waals surface area (Å²) in [5.74, 6) is -0.541. The van der Waals surface area contributed by atoms with Crippen molar-refractivity contribution in [3.05, 3.63) is 82.9 Å². The predicted molar refractivity (Wildman–Crippen MR) is 156 cm³/mol. The monoisotopic (exact) mass is 544 g/mol.